The van der Waals surface area contributed by atoms with E-state index in [-0.39, 0.29) is 23.9 Å². The number of hydrogen-bond acceptors (Lipinski definition) is 8. The maximum atomic E-state index is 13.5. The summed E-state index contributed by atoms with van der Waals surface area (Å²) in [7, 11) is -3.31. The molecule has 44 heavy (non-hydrogen) atoms. The standard InChI is InChI=1S/C29H30F3N7O4S/c1-16(17-5-8-20(30)9-6-17)43-23-11-18(7-10-22(23)37-44(41,42)28(31)32)25-24-26(38(4)36-25)21(13-34-27(24)33)19-12-35-39(14-19)29(2,3)15-40/h5-14,16,28,37,40H,15H2,1-4H3,(H2,33,34)/t16-/m0/s1. The van der Waals surface area contributed by atoms with Crippen LogP contribution in [0, 0.1) is 5.82 Å². The van der Waals surface area contributed by atoms with Crippen LogP contribution in [0.25, 0.3) is 33.3 Å². The molecule has 2 aromatic carbocycles. The molecule has 3 heterocycles. The van der Waals surface area contributed by atoms with Gasteiger partial charge in [-0.2, -0.15) is 19.0 Å². The maximum Gasteiger partial charge on any atom is 0.355 e. The first-order valence-corrected chi connectivity index (χ1v) is 14.9. The summed E-state index contributed by atoms with van der Waals surface area (Å²) in [5, 5.41) is 19.3. The number of nitrogens with one attached hydrogen (secondary N) is 1. The van der Waals surface area contributed by atoms with Gasteiger partial charge in [-0.3, -0.25) is 14.1 Å². The predicted octanol–water partition coefficient (Wildman–Crippen LogP) is 5.05. The number of nitrogens with two attached hydrogens (primary N) is 1. The molecule has 0 unspecified atom stereocenters. The van der Waals surface area contributed by atoms with E-state index >= 15 is 0 Å². The molecule has 0 aliphatic heterocycles. The number of aryl methyl sites for hydroxylation is 1. The van der Waals surface area contributed by atoms with E-state index in [1.807, 2.05) is 18.6 Å². The zero-order chi connectivity index (χ0) is 32.0. The van der Waals surface area contributed by atoms with Gasteiger partial charge in [0.1, 0.15) is 29.2 Å². The molecule has 0 radical (unpaired) electrons. The molecule has 3 aromatic heterocycles. The van der Waals surface area contributed by atoms with Crippen LogP contribution in [-0.2, 0) is 22.6 Å². The van der Waals surface area contributed by atoms with Crippen LogP contribution in [0.15, 0.2) is 61.1 Å². The van der Waals surface area contributed by atoms with Crippen molar-refractivity contribution >= 4 is 32.4 Å². The molecule has 0 aliphatic carbocycles. The molecule has 15 heteroatoms. The van der Waals surface area contributed by atoms with Gasteiger partial charge in [0.2, 0.25) is 0 Å². The van der Waals surface area contributed by atoms with Crippen molar-refractivity contribution in [3.05, 3.63) is 72.4 Å². The van der Waals surface area contributed by atoms with Crippen LogP contribution in [0.3, 0.4) is 0 Å². The Labute approximate surface area is 251 Å². The molecule has 5 rings (SSSR count). The Morgan fingerprint density at radius 1 is 1.11 bits per heavy atom. The highest BCUT2D eigenvalue weighted by Gasteiger charge is 2.27. The van der Waals surface area contributed by atoms with Crippen LogP contribution >= 0.6 is 0 Å². The Kier molecular flexibility index (Phi) is 8.03. The number of aliphatic hydroxyl groups is 1. The molecule has 1 atom stereocenters. The largest absolute Gasteiger partial charge is 0.484 e. The van der Waals surface area contributed by atoms with Crippen LogP contribution < -0.4 is 15.2 Å². The van der Waals surface area contributed by atoms with E-state index in [0.29, 0.717) is 38.9 Å². The smallest absolute Gasteiger partial charge is 0.355 e. The number of fused-ring (bicyclic) bond motifs is 1. The molecule has 0 spiro atoms. The fourth-order valence-corrected chi connectivity index (χ4v) is 5.22. The predicted molar refractivity (Wildman–Crippen MR) is 160 cm³/mol. The second-order valence-electron chi connectivity index (χ2n) is 10.8. The summed E-state index contributed by atoms with van der Waals surface area (Å²) in [6.07, 6.45) is 4.29. The van der Waals surface area contributed by atoms with E-state index in [1.54, 1.807) is 41.9 Å². The van der Waals surface area contributed by atoms with Crippen LogP contribution in [0.4, 0.5) is 24.7 Å². The van der Waals surface area contributed by atoms with Crippen molar-refractivity contribution in [2.45, 2.75) is 38.2 Å². The summed E-state index contributed by atoms with van der Waals surface area (Å²) < 4.78 is 75.3. The normalized spacial score (nSPS) is 13.0. The number of benzene rings is 2. The molecule has 0 aliphatic rings. The third-order valence-electron chi connectivity index (χ3n) is 7.18. The number of aliphatic hydroxyl groups excluding tert-OH is 1. The van der Waals surface area contributed by atoms with Crippen molar-refractivity contribution in [1.82, 2.24) is 24.5 Å². The number of aromatic nitrogens is 5. The van der Waals surface area contributed by atoms with E-state index < -0.39 is 33.2 Å². The second kappa shape index (κ2) is 11.5. The first kappa shape index (κ1) is 30.8. The minimum atomic E-state index is -5.03. The van der Waals surface area contributed by atoms with Crippen LogP contribution in [0.1, 0.15) is 32.4 Å². The molecule has 0 saturated heterocycles. The molecule has 0 amide bonds. The van der Waals surface area contributed by atoms with Crippen molar-refractivity contribution in [1.29, 1.82) is 0 Å². The van der Waals surface area contributed by atoms with E-state index in [9.17, 15) is 26.7 Å². The van der Waals surface area contributed by atoms with Crippen LogP contribution in [-0.4, -0.2) is 50.4 Å². The van der Waals surface area contributed by atoms with Gasteiger partial charge in [0, 0.05) is 36.1 Å². The number of pyridine rings is 1. The lowest BCUT2D eigenvalue weighted by molar-refractivity contribution is 0.152. The zero-order valence-electron chi connectivity index (χ0n) is 24.2. The van der Waals surface area contributed by atoms with Crippen molar-refractivity contribution in [2.75, 3.05) is 17.1 Å². The fourth-order valence-electron chi connectivity index (χ4n) is 4.66. The summed E-state index contributed by atoms with van der Waals surface area (Å²) >= 11 is 0. The number of ether oxygens (including phenoxy) is 1. The minimum absolute atomic E-state index is 0.0717. The number of rotatable bonds is 10. The quantitative estimate of drug-likeness (QED) is 0.194. The van der Waals surface area contributed by atoms with Gasteiger partial charge in [0.05, 0.1) is 34.9 Å². The van der Waals surface area contributed by atoms with Gasteiger partial charge in [0.15, 0.2) is 0 Å². The average Bonchev–Trinajstić information content (AvgIpc) is 3.61. The number of alkyl halides is 2. The molecule has 5 aromatic rings. The highest BCUT2D eigenvalue weighted by atomic mass is 32.2. The lowest BCUT2D eigenvalue weighted by Gasteiger charge is -2.22. The van der Waals surface area contributed by atoms with Gasteiger partial charge in [-0.25, -0.2) is 17.8 Å². The zero-order valence-corrected chi connectivity index (χ0v) is 25.0. The molecule has 0 bridgehead atoms. The number of nitrogen functional groups attached to an aromatic ring is 1. The molecular weight excluding hydrogens is 599 g/mol. The van der Waals surface area contributed by atoms with Gasteiger partial charge in [-0.1, -0.05) is 18.2 Å². The van der Waals surface area contributed by atoms with E-state index in [0.717, 1.165) is 0 Å². The summed E-state index contributed by atoms with van der Waals surface area (Å²) in [5.41, 5.74) is 8.83. The van der Waals surface area contributed by atoms with Gasteiger partial charge in [-0.15, -0.1) is 0 Å². The molecule has 11 nitrogen and oxygen atoms in total. The summed E-state index contributed by atoms with van der Waals surface area (Å²) in [6.45, 7) is 5.19. The summed E-state index contributed by atoms with van der Waals surface area (Å²) in [6, 6.07) is 9.72. The van der Waals surface area contributed by atoms with Crippen LogP contribution in [0.2, 0.25) is 0 Å². The summed E-state index contributed by atoms with van der Waals surface area (Å²) in [4.78, 5) is 4.38. The average molecular weight is 630 g/mol. The highest BCUT2D eigenvalue weighted by Crippen LogP contribution is 2.40. The minimum Gasteiger partial charge on any atom is -0.484 e. The van der Waals surface area contributed by atoms with Crippen LogP contribution in [0.5, 0.6) is 5.75 Å². The molecule has 4 N–H and O–H groups in total. The van der Waals surface area contributed by atoms with Gasteiger partial charge in [0.25, 0.3) is 10.0 Å². The van der Waals surface area contributed by atoms with Gasteiger partial charge in [-0.05, 0) is 50.6 Å². The molecule has 0 fully saturated rings. The van der Waals surface area contributed by atoms with E-state index in [2.05, 4.69) is 15.2 Å². The third kappa shape index (κ3) is 5.79. The number of halogens is 3. The third-order valence-corrected chi connectivity index (χ3v) is 8.15. The van der Waals surface area contributed by atoms with Crippen molar-refractivity contribution in [2.24, 2.45) is 7.05 Å². The summed E-state index contributed by atoms with van der Waals surface area (Å²) in [5.74, 6) is -4.04. The first-order valence-electron chi connectivity index (χ1n) is 13.4. The fraction of sp³-hybridized carbons (Fsp3) is 0.276. The van der Waals surface area contributed by atoms with Gasteiger partial charge >= 0.3 is 5.76 Å². The molecular formula is C29H30F3N7O4S. The molecule has 0 saturated carbocycles. The van der Waals surface area contributed by atoms with Crippen molar-refractivity contribution in [3.63, 3.8) is 0 Å². The van der Waals surface area contributed by atoms with Crippen molar-refractivity contribution < 1.29 is 31.4 Å². The Morgan fingerprint density at radius 2 is 1.82 bits per heavy atom. The highest BCUT2D eigenvalue weighted by molar-refractivity contribution is 7.93. The van der Waals surface area contributed by atoms with E-state index in [4.69, 9.17) is 10.5 Å². The Bertz CT molecular complexity index is 1940. The van der Waals surface area contributed by atoms with Crippen molar-refractivity contribution in [3.8, 4) is 28.1 Å². The SMILES string of the molecule is C[C@H](Oc1cc(-c2nn(C)c3c(-c4cnn(C(C)(C)CO)c4)cnc(N)c23)ccc1NS(=O)(=O)C(F)F)c1ccc(F)cc1. The Balaban J connectivity index is 1.63. The topological polar surface area (TPSA) is 150 Å². The lowest BCUT2D eigenvalue weighted by Crippen LogP contribution is -2.30. The second-order valence-corrected chi connectivity index (χ2v) is 12.5. The monoisotopic (exact) mass is 629 g/mol. The molecule has 232 valence electrons. The van der Waals surface area contributed by atoms with E-state index in [1.165, 1.54) is 42.5 Å². The first-order chi connectivity index (χ1) is 20.7. The number of nitrogens with zero attached hydrogens (tertiary/aromatic N) is 5. The number of sulfonamides is 1. The van der Waals surface area contributed by atoms with Gasteiger partial charge < -0.3 is 15.6 Å². The maximum absolute atomic E-state index is 13.5. The Hall–Kier alpha value is -4.63. The Morgan fingerprint density at radius 3 is 2.48 bits per heavy atom. The lowest BCUT2D eigenvalue weighted by atomic mass is 10.0. The number of anilines is 2. The number of hydrogen-bond donors (Lipinski definition) is 3.